The standard InChI is InChI=1S/C11H14N2O5S/c1-6(2)4-12-8(14)5-13-10(17)7(3-9(15)16)19-11(13)18/h3,6H,4-5H2,1-2H3,(H,12,14)(H,15,16)/b7-3+. The number of carboxylic acids is 1. The van der Waals surface area contributed by atoms with Crippen molar-refractivity contribution in [1.82, 2.24) is 10.2 Å². The van der Waals surface area contributed by atoms with Crippen LogP contribution in [0.1, 0.15) is 13.8 Å². The summed E-state index contributed by atoms with van der Waals surface area (Å²) in [6.45, 7) is 3.88. The third-order valence-corrected chi connectivity index (χ3v) is 3.04. The first kappa shape index (κ1) is 15.2. The van der Waals surface area contributed by atoms with Gasteiger partial charge in [-0.3, -0.25) is 19.3 Å². The molecule has 0 unspecified atom stereocenters. The zero-order chi connectivity index (χ0) is 14.6. The first-order chi connectivity index (χ1) is 8.81. The number of hydrogen-bond acceptors (Lipinski definition) is 5. The molecule has 0 aromatic heterocycles. The highest BCUT2D eigenvalue weighted by Gasteiger charge is 2.36. The highest BCUT2D eigenvalue weighted by Crippen LogP contribution is 2.29. The highest BCUT2D eigenvalue weighted by molar-refractivity contribution is 8.18. The van der Waals surface area contributed by atoms with Crippen molar-refractivity contribution in [3.63, 3.8) is 0 Å². The lowest BCUT2D eigenvalue weighted by Crippen LogP contribution is -2.40. The van der Waals surface area contributed by atoms with Gasteiger partial charge in [-0.05, 0) is 17.7 Å². The number of nitrogens with zero attached hydrogens (tertiary/aromatic N) is 1. The maximum absolute atomic E-state index is 11.7. The van der Waals surface area contributed by atoms with Crippen LogP contribution in [0.2, 0.25) is 0 Å². The van der Waals surface area contributed by atoms with Crippen LogP contribution in [-0.2, 0) is 14.4 Å². The van der Waals surface area contributed by atoms with Crippen molar-refractivity contribution in [3.05, 3.63) is 11.0 Å². The van der Waals surface area contributed by atoms with Crippen LogP contribution in [0.25, 0.3) is 0 Å². The molecule has 104 valence electrons. The maximum atomic E-state index is 11.7. The molecule has 0 aromatic rings. The summed E-state index contributed by atoms with van der Waals surface area (Å²) in [6.07, 6.45) is 0.664. The maximum Gasteiger partial charge on any atom is 0.329 e. The molecule has 0 atom stereocenters. The number of hydrogen-bond donors (Lipinski definition) is 2. The zero-order valence-electron chi connectivity index (χ0n) is 10.5. The molecule has 0 spiro atoms. The van der Waals surface area contributed by atoms with E-state index in [0.29, 0.717) is 24.4 Å². The second-order valence-electron chi connectivity index (χ2n) is 4.30. The highest BCUT2D eigenvalue weighted by atomic mass is 32.2. The monoisotopic (exact) mass is 286 g/mol. The van der Waals surface area contributed by atoms with Crippen LogP contribution in [0.15, 0.2) is 11.0 Å². The van der Waals surface area contributed by atoms with Crippen LogP contribution in [0.3, 0.4) is 0 Å². The van der Waals surface area contributed by atoms with E-state index in [9.17, 15) is 19.2 Å². The average molecular weight is 286 g/mol. The topological polar surface area (TPSA) is 104 Å². The summed E-state index contributed by atoms with van der Waals surface area (Å²) in [5.74, 6) is -2.26. The third kappa shape index (κ3) is 4.40. The number of imide groups is 1. The molecule has 3 amide bonds. The van der Waals surface area contributed by atoms with Crippen molar-refractivity contribution in [2.45, 2.75) is 13.8 Å². The molecular formula is C11H14N2O5S. The Bertz CT molecular complexity index is 458. The van der Waals surface area contributed by atoms with Crippen LogP contribution < -0.4 is 5.32 Å². The minimum absolute atomic E-state index is 0.186. The van der Waals surface area contributed by atoms with E-state index in [2.05, 4.69) is 5.32 Å². The molecule has 8 heteroatoms. The second kappa shape index (κ2) is 6.37. The molecule has 19 heavy (non-hydrogen) atoms. The molecule has 7 nitrogen and oxygen atoms in total. The van der Waals surface area contributed by atoms with Gasteiger partial charge in [0.05, 0.1) is 4.91 Å². The van der Waals surface area contributed by atoms with Crippen molar-refractivity contribution in [2.75, 3.05) is 13.1 Å². The third-order valence-electron chi connectivity index (χ3n) is 2.14. The van der Waals surface area contributed by atoms with Crippen LogP contribution in [-0.4, -0.2) is 46.1 Å². The van der Waals surface area contributed by atoms with Crippen LogP contribution in [0.4, 0.5) is 4.79 Å². The Morgan fingerprint density at radius 1 is 1.42 bits per heavy atom. The van der Waals surface area contributed by atoms with Crippen molar-refractivity contribution in [3.8, 4) is 0 Å². The summed E-state index contributed by atoms with van der Waals surface area (Å²) < 4.78 is 0. The number of thioether (sulfide) groups is 1. The van der Waals surface area contributed by atoms with E-state index in [1.165, 1.54) is 0 Å². The van der Waals surface area contributed by atoms with Gasteiger partial charge in [-0.15, -0.1) is 0 Å². The van der Waals surface area contributed by atoms with Gasteiger partial charge in [0.15, 0.2) is 0 Å². The molecule has 0 bridgehead atoms. The fourth-order valence-electron chi connectivity index (χ4n) is 1.27. The quantitative estimate of drug-likeness (QED) is 0.710. The van der Waals surface area contributed by atoms with Crippen LogP contribution >= 0.6 is 11.8 Å². The molecule has 1 saturated heterocycles. The summed E-state index contributed by atoms with van der Waals surface area (Å²) in [7, 11) is 0. The summed E-state index contributed by atoms with van der Waals surface area (Å²) in [4.78, 5) is 45.7. The lowest BCUT2D eigenvalue weighted by atomic mass is 10.2. The van der Waals surface area contributed by atoms with E-state index in [1.807, 2.05) is 13.8 Å². The first-order valence-electron chi connectivity index (χ1n) is 5.56. The van der Waals surface area contributed by atoms with Gasteiger partial charge in [0.1, 0.15) is 6.54 Å². The first-order valence-corrected chi connectivity index (χ1v) is 6.38. The molecule has 1 fully saturated rings. The van der Waals surface area contributed by atoms with E-state index >= 15 is 0 Å². The number of amides is 3. The lowest BCUT2D eigenvalue weighted by Gasteiger charge is -2.13. The molecule has 1 aliphatic rings. The number of nitrogens with one attached hydrogen (secondary N) is 1. The fraction of sp³-hybridized carbons (Fsp3) is 0.455. The Balaban J connectivity index is 2.64. The SMILES string of the molecule is CC(C)CNC(=O)CN1C(=O)S/C(=C/C(=O)O)C1=O. The smallest absolute Gasteiger partial charge is 0.329 e. The minimum atomic E-state index is -1.31. The summed E-state index contributed by atoms with van der Waals surface area (Å²) >= 11 is 0.514. The molecule has 0 aliphatic carbocycles. The van der Waals surface area contributed by atoms with Crippen molar-refractivity contribution >= 4 is 34.8 Å². The van der Waals surface area contributed by atoms with Gasteiger partial charge < -0.3 is 10.4 Å². The minimum Gasteiger partial charge on any atom is -0.478 e. The van der Waals surface area contributed by atoms with E-state index < -0.39 is 29.6 Å². The van der Waals surface area contributed by atoms with E-state index in [0.717, 1.165) is 4.90 Å². The summed E-state index contributed by atoms with van der Waals surface area (Å²) in [5, 5.41) is 10.5. The average Bonchev–Trinajstić information content (AvgIpc) is 2.53. The predicted molar refractivity (Wildman–Crippen MR) is 68.3 cm³/mol. The largest absolute Gasteiger partial charge is 0.478 e. The molecule has 0 aromatic carbocycles. The number of carboxylic acid groups (broad SMARTS) is 1. The van der Waals surface area contributed by atoms with Crippen molar-refractivity contribution in [1.29, 1.82) is 0 Å². The number of aliphatic carboxylic acids is 1. The van der Waals surface area contributed by atoms with Gasteiger partial charge in [0, 0.05) is 12.6 Å². The van der Waals surface area contributed by atoms with Gasteiger partial charge in [-0.1, -0.05) is 13.8 Å². The Labute approximate surface area is 114 Å². The van der Waals surface area contributed by atoms with E-state index in [-0.39, 0.29) is 10.8 Å². The van der Waals surface area contributed by atoms with Gasteiger partial charge in [-0.2, -0.15) is 0 Å². The van der Waals surface area contributed by atoms with Gasteiger partial charge in [0.25, 0.3) is 11.1 Å². The van der Waals surface area contributed by atoms with E-state index in [1.54, 1.807) is 0 Å². The van der Waals surface area contributed by atoms with Gasteiger partial charge in [-0.25, -0.2) is 4.79 Å². The number of rotatable bonds is 5. The number of carbonyl (C=O) groups is 4. The van der Waals surface area contributed by atoms with Crippen LogP contribution in [0.5, 0.6) is 0 Å². The molecule has 2 N–H and O–H groups in total. The van der Waals surface area contributed by atoms with Crippen molar-refractivity contribution < 1.29 is 24.3 Å². The fourth-order valence-corrected chi connectivity index (χ4v) is 2.07. The molecule has 1 heterocycles. The predicted octanol–water partition coefficient (Wildman–Crippen LogP) is 0.423. The Hall–Kier alpha value is -1.83. The normalized spacial score (nSPS) is 17.4. The molecule has 1 aliphatic heterocycles. The van der Waals surface area contributed by atoms with Gasteiger partial charge in [0.2, 0.25) is 5.91 Å². The molecular weight excluding hydrogens is 272 g/mol. The zero-order valence-corrected chi connectivity index (χ0v) is 11.3. The Morgan fingerprint density at radius 3 is 2.58 bits per heavy atom. The molecule has 0 radical (unpaired) electrons. The lowest BCUT2D eigenvalue weighted by molar-refractivity contribution is -0.132. The molecule has 1 rings (SSSR count). The van der Waals surface area contributed by atoms with E-state index in [4.69, 9.17) is 5.11 Å². The summed E-state index contributed by atoms with van der Waals surface area (Å²) in [6, 6.07) is 0. The van der Waals surface area contributed by atoms with Gasteiger partial charge >= 0.3 is 5.97 Å². The Kier molecular flexibility index (Phi) is 5.11. The Morgan fingerprint density at radius 2 is 2.05 bits per heavy atom. The number of carbonyl (C=O) groups excluding carboxylic acids is 3. The van der Waals surface area contributed by atoms with Crippen molar-refractivity contribution in [2.24, 2.45) is 5.92 Å². The molecule has 0 saturated carbocycles. The summed E-state index contributed by atoms with van der Waals surface area (Å²) in [5.41, 5.74) is 0. The van der Waals surface area contributed by atoms with Crippen LogP contribution in [0, 0.1) is 5.92 Å². The second-order valence-corrected chi connectivity index (χ2v) is 5.30.